The molecule has 0 saturated carbocycles. The highest BCUT2D eigenvalue weighted by molar-refractivity contribution is 6.08. The molecule has 0 spiro atoms. The Labute approximate surface area is 182 Å². The summed E-state index contributed by atoms with van der Waals surface area (Å²) in [5.74, 6) is -1.23. The number of rotatable bonds is 7. The van der Waals surface area contributed by atoms with Gasteiger partial charge in [-0.15, -0.1) is 0 Å². The van der Waals surface area contributed by atoms with Gasteiger partial charge in [0, 0.05) is 19.6 Å². The number of hydrogen-bond acceptors (Lipinski definition) is 5. The minimum atomic E-state index is -0.940. The van der Waals surface area contributed by atoms with E-state index in [1.807, 2.05) is 32.6 Å². The predicted molar refractivity (Wildman–Crippen MR) is 114 cm³/mol. The van der Waals surface area contributed by atoms with Gasteiger partial charge in [0.2, 0.25) is 5.91 Å². The molecule has 0 aromatic heterocycles. The summed E-state index contributed by atoms with van der Waals surface area (Å²) in [6, 6.07) is 4.30. The topological polar surface area (TPSA) is 91.0 Å². The molecule has 0 aliphatic carbocycles. The summed E-state index contributed by atoms with van der Waals surface area (Å²) in [5, 5.41) is 5.35. The Hall–Kier alpha value is -2.68. The van der Waals surface area contributed by atoms with Crippen molar-refractivity contribution in [2.24, 2.45) is 0 Å². The van der Waals surface area contributed by atoms with Gasteiger partial charge in [0.15, 0.2) is 0 Å². The largest absolute Gasteiger partial charge is 0.372 e. The summed E-state index contributed by atoms with van der Waals surface area (Å²) in [4.78, 5) is 40.0. The van der Waals surface area contributed by atoms with Crippen LogP contribution in [0, 0.1) is 5.82 Å². The molecule has 31 heavy (non-hydrogen) atoms. The summed E-state index contributed by atoms with van der Waals surface area (Å²) >= 11 is 0. The van der Waals surface area contributed by atoms with Crippen molar-refractivity contribution in [1.29, 1.82) is 0 Å². The lowest BCUT2D eigenvalue weighted by Crippen LogP contribution is -2.46. The SMILES string of the molecule is CCC1(CC)NC(=O)N(CC(=O)NCc2ccc(N3CC(C)OC(C)C3)c(F)c2)C1=O. The van der Waals surface area contributed by atoms with Crippen LogP contribution in [0.3, 0.4) is 0 Å². The molecule has 2 aliphatic rings. The third-order valence-electron chi connectivity index (χ3n) is 6.02. The maximum atomic E-state index is 14.7. The van der Waals surface area contributed by atoms with Gasteiger partial charge in [0.1, 0.15) is 17.9 Å². The summed E-state index contributed by atoms with van der Waals surface area (Å²) in [7, 11) is 0. The Kier molecular flexibility index (Phi) is 6.83. The molecule has 0 radical (unpaired) electrons. The number of anilines is 1. The molecular weight excluding hydrogens is 403 g/mol. The van der Waals surface area contributed by atoms with Crippen LogP contribution in [-0.2, 0) is 20.9 Å². The van der Waals surface area contributed by atoms with Crippen LogP contribution in [0.25, 0.3) is 0 Å². The number of urea groups is 1. The van der Waals surface area contributed by atoms with Crippen molar-refractivity contribution in [2.75, 3.05) is 24.5 Å². The van der Waals surface area contributed by atoms with Gasteiger partial charge in [-0.3, -0.25) is 14.5 Å². The summed E-state index contributed by atoms with van der Waals surface area (Å²) in [5.41, 5.74) is 0.162. The van der Waals surface area contributed by atoms with E-state index >= 15 is 0 Å². The molecule has 3 rings (SSSR count). The number of morpholine rings is 1. The van der Waals surface area contributed by atoms with Crippen LogP contribution >= 0.6 is 0 Å². The maximum absolute atomic E-state index is 14.7. The number of carbonyl (C=O) groups is 3. The molecule has 2 saturated heterocycles. The van der Waals surface area contributed by atoms with Crippen LogP contribution in [0.15, 0.2) is 18.2 Å². The van der Waals surface area contributed by atoms with Crippen LogP contribution in [0.5, 0.6) is 0 Å². The van der Waals surface area contributed by atoms with E-state index in [2.05, 4.69) is 10.6 Å². The smallest absolute Gasteiger partial charge is 0.325 e. The first kappa shape index (κ1) is 23.0. The molecule has 4 amide bonds. The Bertz CT molecular complexity index is 848. The molecule has 8 nitrogen and oxygen atoms in total. The van der Waals surface area contributed by atoms with Gasteiger partial charge >= 0.3 is 6.03 Å². The fourth-order valence-electron chi connectivity index (χ4n) is 4.24. The number of nitrogens with one attached hydrogen (secondary N) is 2. The van der Waals surface area contributed by atoms with Crippen molar-refractivity contribution in [2.45, 2.75) is 64.8 Å². The van der Waals surface area contributed by atoms with Crippen molar-refractivity contribution in [3.63, 3.8) is 0 Å². The number of halogens is 1. The molecule has 1 aromatic carbocycles. The van der Waals surface area contributed by atoms with Gasteiger partial charge in [-0.2, -0.15) is 0 Å². The quantitative estimate of drug-likeness (QED) is 0.642. The lowest BCUT2D eigenvalue weighted by atomic mass is 9.93. The number of ether oxygens (including phenoxy) is 1. The first-order valence-corrected chi connectivity index (χ1v) is 10.8. The van der Waals surface area contributed by atoms with Crippen LogP contribution in [0.1, 0.15) is 46.1 Å². The Morgan fingerprint density at radius 3 is 2.42 bits per heavy atom. The zero-order valence-electron chi connectivity index (χ0n) is 18.5. The van der Waals surface area contributed by atoms with Crippen LogP contribution in [-0.4, -0.2) is 60.1 Å². The first-order chi connectivity index (χ1) is 14.7. The summed E-state index contributed by atoms with van der Waals surface area (Å²) in [6.07, 6.45) is 0.954. The fraction of sp³-hybridized carbons (Fsp3) is 0.591. The lowest BCUT2D eigenvalue weighted by Gasteiger charge is -2.37. The van der Waals surface area contributed by atoms with Gasteiger partial charge in [0.05, 0.1) is 17.9 Å². The van der Waals surface area contributed by atoms with Crippen molar-refractivity contribution in [3.05, 3.63) is 29.6 Å². The van der Waals surface area contributed by atoms with Gasteiger partial charge < -0.3 is 20.3 Å². The monoisotopic (exact) mass is 434 g/mol. The molecule has 2 aliphatic heterocycles. The molecule has 170 valence electrons. The minimum Gasteiger partial charge on any atom is -0.372 e. The standard InChI is InChI=1S/C22H31FN4O4/c1-5-22(6-2)20(29)27(21(30)25-22)13-19(28)24-10-16-7-8-18(17(23)9-16)26-11-14(3)31-15(4)12-26/h7-9,14-15H,5-6,10-13H2,1-4H3,(H,24,28)(H,25,30). The molecule has 2 atom stereocenters. The second-order valence-electron chi connectivity index (χ2n) is 8.34. The second-order valence-corrected chi connectivity index (χ2v) is 8.34. The molecule has 1 aromatic rings. The molecule has 2 heterocycles. The summed E-state index contributed by atoms with van der Waals surface area (Å²) in [6.45, 7) is 8.52. The highest BCUT2D eigenvalue weighted by Crippen LogP contribution is 2.26. The normalized spacial score (nSPS) is 23.1. The van der Waals surface area contributed by atoms with Crippen molar-refractivity contribution in [3.8, 4) is 0 Å². The molecule has 2 unspecified atom stereocenters. The highest BCUT2D eigenvalue weighted by atomic mass is 19.1. The number of imide groups is 1. The number of carbonyl (C=O) groups excluding carboxylic acids is 3. The van der Waals surface area contributed by atoms with Crippen LogP contribution in [0.4, 0.5) is 14.9 Å². The second kappa shape index (κ2) is 9.21. The van der Waals surface area contributed by atoms with E-state index < -0.39 is 17.5 Å². The zero-order valence-corrected chi connectivity index (χ0v) is 18.5. The van der Waals surface area contributed by atoms with E-state index in [-0.39, 0.29) is 37.0 Å². The van der Waals surface area contributed by atoms with Crippen molar-refractivity contribution >= 4 is 23.5 Å². The minimum absolute atomic E-state index is 0.0202. The molecule has 9 heteroatoms. The van der Waals surface area contributed by atoms with Gasteiger partial charge in [-0.05, 0) is 44.4 Å². The van der Waals surface area contributed by atoms with Crippen molar-refractivity contribution in [1.82, 2.24) is 15.5 Å². The molecule has 0 bridgehead atoms. The zero-order chi connectivity index (χ0) is 22.8. The van der Waals surface area contributed by atoms with E-state index in [4.69, 9.17) is 4.74 Å². The maximum Gasteiger partial charge on any atom is 0.325 e. The van der Waals surface area contributed by atoms with Gasteiger partial charge in [-0.1, -0.05) is 19.9 Å². The Morgan fingerprint density at radius 1 is 1.23 bits per heavy atom. The average molecular weight is 435 g/mol. The lowest BCUT2D eigenvalue weighted by molar-refractivity contribution is -0.135. The number of hydrogen-bond donors (Lipinski definition) is 2. The Morgan fingerprint density at radius 2 is 1.87 bits per heavy atom. The van der Waals surface area contributed by atoms with Gasteiger partial charge in [0.25, 0.3) is 5.91 Å². The van der Waals surface area contributed by atoms with E-state index in [9.17, 15) is 18.8 Å². The highest BCUT2D eigenvalue weighted by Gasteiger charge is 2.49. The molecule has 2 N–H and O–H groups in total. The van der Waals surface area contributed by atoms with E-state index in [1.54, 1.807) is 12.1 Å². The summed E-state index contributed by atoms with van der Waals surface area (Å²) < 4.78 is 20.4. The number of benzene rings is 1. The van der Waals surface area contributed by atoms with Crippen molar-refractivity contribution < 1.29 is 23.5 Å². The van der Waals surface area contributed by atoms with E-state index in [1.165, 1.54) is 6.07 Å². The number of nitrogens with zero attached hydrogens (tertiary/aromatic N) is 2. The molecular formula is C22H31FN4O4. The predicted octanol–water partition coefficient (Wildman–Crippen LogP) is 2.17. The first-order valence-electron chi connectivity index (χ1n) is 10.8. The van der Waals surface area contributed by atoms with Crippen LogP contribution < -0.4 is 15.5 Å². The average Bonchev–Trinajstić information content (AvgIpc) is 2.96. The molecule has 2 fully saturated rings. The Balaban J connectivity index is 1.58. The third-order valence-corrected chi connectivity index (χ3v) is 6.02. The third kappa shape index (κ3) is 4.81. The van der Waals surface area contributed by atoms with E-state index in [0.29, 0.717) is 37.2 Å². The van der Waals surface area contributed by atoms with Gasteiger partial charge in [-0.25, -0.2) is 9.18 Å². The van der Waals surface area contributed by atoms with E-state index in [0.717, 1.165) is 4.90 Å². The number of amides is 4. The van der Waals surface area contributed by atoms with Crippen LogP contribution in [0.2, 0.25) is 0 Å². The fourth-order valence-corrected chi connectivity index (χ4v) is 4.24.